The lowest BCUT2D eigenvalue weighted by atomic mass is 10.0. The summed E-state index contributed by atoms with van der Waals surface area (Å²) in [6, 6.07) is 6.13. The van der Waals surface area contributed by atoms with Gasteiger partial charge in [0.05, 0.1) is 6.20 Å². The van der Waals surface area contributed by atoms with Crippen LogP contribution in [0.25, 0.3) is 0 Å². The molecule has 2 aliphatic rings. The van der Waals surface area contributed by atoms with E-state index in [0.717, 1.165) is 37.7 Å². The van der Waals surface area contributed by atoms with Gasteiger partial charge in [-0.15, -0.1) is 0 Å². The summed E-state index contributed by atoms with van der Waals surface area (Å²) in [5.74, 6) is 2.06. The van der Waals surface area contributed by atoms with Gasteiger partial charge in [0.25, 0.3) is 5.91 Å². The Bertz CT molecular complexity index is 706. The molecule has 1 amide bonds. The molecule has 2 aromatic heterocycles. The van der Waals surface area contributed by atoms with Gasteiger partial charge in [-0.25, -0.2) is 9.97 Å². The third-order valence-corrected chi connectivity index (χ3v) is 4.75. The number of aromatic nitrogens is 3. The van der Waals surface area contributed by atoms with E-state index < -0.39 is 0 Å². The minimum absolute atomic E-state index is 0.00673. The van der Waals surface area contributed by atoms with Crippen LogP contribution in [0.5, 0.6) is 0 Å². The van der Waals surface area contributed by atoms with E-state index in [1.165, 1.54) is 0 Å². The average Bonchev–Trinajstić information content (AvgIpc) is 3.14. The molecule has 2 aliphatic heterocycles. The zero-order chi connectivity index (χ0) is 15.8. The number of anilines is 1. The molecule has 0 unspecified atom stereocenters. The number of carbonyl (C=O) groups is 1. The monoisotopic (exact) mass is 309 g/mol. The molecule has 0 aromatic carbocycles. The standard InChI is InChI=1S/C17H19N5O/c1-12-3-2-4-16(20-12)21-8-13-10-22(11-14(13)9-21)17(23)15-7-18-5-6-19-15/h2-7,13-14H,8-11H2,1H3/t13-,14+. The minimum atomic E-state index is -0.00673. The molecule has 4 heterocycles. The van der Waals surface area contributed by atoms with E-state index in [4.69, 9.17) is 0 Å². The number of hydrogen-bond donors (Lipinski definition) is 0. The molecule has 0 N–H and O–H groups in total. The normalized spacial score (nSPS) is 23.2. The predicted molar refractivity (Wildman–Crippen MR) is 86.1 cm³/mol. The summed E-state index contributed by atoms with van der Waals surface area (Å²) in [6.07, 6.45) is 4.69. The number of hydrogen-bond acceptors (Lipinski definition) is 5. The third-order valence-electron chi connectivity index (χ3n) is 4.75. The van der Waals surface area contributed by atoms with E-state index in [1.54, 1.807) is 18.6 Å². The number of fused-ring (bicyclic) bond motifs is 1. The summed E-state index contributed by atoms with van der Waals surface area (Å²) in [5.41, 5.74) is 1.48. The lowest BCUT2D eigenvalue weighted by Gasteiger charge is -2.22. The van der Waals surface area contributed by atoms with Crippen LogP contribution >= 0.6 is 0 Å². The molecule has 2 saturated heterocycles. The van der Waals surface area contributed by atoms with Crippen LogP contribution in [0.15, 0.2) is 36.8 Å². The summed E-state index contributed by atoms with van der Waals surface area (Å²) in [6.45, 7) is 5.53. The Morgan fingerprint density at radius 3 is 2.57 bits per heavy atom. The maximum absolute atomic E-state index is 12.5. The largest absolute Gasteiger partial charge is 0.356 e. The molecule has 0 saturated carbocycles. The smallest absolute Gasteiger partial charge is 0.274 e. The second kappa shape index (κ2) is 5.61. The van der Waals surface area contributed by atoms with Crippen LogP contribution in [0.3, 0.4) is 0 Å². The number of likely N-dealkylation sites (tertiary alicyclic amines) is 1. The first kappa shape index (κ1) is 14.1. The maximum Gasteiger partial charge on any atom is 0.274 e. The van der Waals surface area contributed by atoms with Crippen molar-refractivity contribution in [1.82, 2.24) is 19.9 Å². The van der Waals surface area contributed by atoms with E-state index in [-0.39, 0.29) is 5.91 Å². The fraction of sp³-hybridized carbons (Fsp3) is 0.412. The maximum atomic E-state index is 12.5. The van der Waals surface area contributed by atoms with Crippen LogP contribution in [0.4, 0.5) is 5.82 Å². The molecule has 0 radical (unpaired) electrons. The summed E-state index contributed by atoms with van der Waals surface area (Å²) in [7, 11) is 0. The van der Waals surface area contributed by atoms with Crippen LogP contribution in [-0.2, 0) is 0 Å². The molecule has 23 heavy (non-hydrogen) atoms. The summed E-state index contributed by atoms with van der Waals surface area (Å²) in [5, 5.41) is 0. The Morgan fingerprint density at radius 2 is 1.91 bits per heavy atom. The molecule has 2 fully saturated rings. The summed E-state index contributed by atoms with van der Waals surface area (Å²) in [4.78, 5) is 29.4. The highest BCUT2D eigenvalue weighted by molar-refractivity contribution is 5.92. The SMILES string of the molecule is Cc1cccc(N2C[C@H]3CN(C(=O)c4cnccn4)C[C@H]3C2)n1. The van der Waals surface area contributed by atoms with Crippen molar-refractivity contribution in [1.29, 1.82) is 0 Å². The number of carbonyl (C=O) groups excluding carboxylic acids is 1. The molecule has 118 valence electrons. The van der Waals surface area contributed by atoms with Crippen LogP contribution < -0.4 is 4.90 Å². The predicted octanol–water partition coefficient (Wildman–Crippen LogP) is 1.39. The van der Waals surface area contributed by atoms with Gasteiger partial charge in [-0.3, -0.25) is 9.78 Å². The van der Waals surface area contributed by atoms with Gasteiger partial charge in [0.15, 0.2) is 0 Å². The van der Waals surface area contributed by atoms with E-state index in [2.05, 4.69) is 32.0 Å². The van der Waals surface area contributed by atoms with E-state index >= 15 is 0 Å². The topological polar surface area (TPSA) is 62.2 Å². The number of amides is 1. The van der Waals surface area contributed by atoms with Gasteiger partial charge in [0.1, 0.15) is 11.5 Å². The Kier molecular flexibility index (Phi) is 3.44. The molecular formula is C17H19N5O. The second-order valence-corrected chi connectivity index (χ2v) is 6.36. The van der Waals surface area contributed by atoms with Gasteiger partial charge in [0.2, 0.25) is 0 Å². The summed E-state index contributed by atoms with van der Waals surface area (Å²) >= 11 is 0. The van der Waals surface area contributed by atoms with Gasteiger partial charge in [-0.2, -0.15) is 0 Å². The van der Waals surface area contributed by atoms with Crippen molar-refractivity contribution in [3.05, 3.63) is 48.2 Å². The van der Waals surface area contributed by atoms with Crippen molar-refractivity contribution < 1.29 is 4.79 Å². The van der Waals surface area contributed by atoms with Crippen molar-refractivity contribution in [3.63, 3.8) is 0 Å². The highest BCUT2D eigenvalue weighted by atomic mass is 16.2. The van der Waals surface area contributed by atoms with Crippen LogP contribution in [0, 0.1) is 18.8 Å². The number of aryl methyl sites for hydroxylation is 1. The van der Waals surface area contributed by atoms with Crippen molar-refractivity contribution in [2.75, 3.05) is 31.1 Å². The Balaban J connectivity index is 1.43. The quantitative estimate of drug-likeness (QED) is 0.839. The summed E-state index contributed by atoms with van der Waals surface area (Å²) < 4.78 is 0. The molecule has 0 aliphatic carbocycles. The molecule has 0 spiro atoms. The fourth-order valence-corrected chi connectivity index (χ4v) is 3.62. The highest BCUT2D eigenvalue weighted by Gasteiger charge is 2.42. The van der Waals surface area contributed by atoms with Gasteiger partial charge in [0, 0.05) is 56.1 Å². The van der Waals surface area contributed by atoms with E-state index in [9.17, 15) is 4.79 Å². The number of rotatable bonds is 2. The van der Waals surface area contributed by atoms with Crippen LogP contribution in [0.2, 0.25) is 0 Å². The fourth-order valence-electron chi connectivity index (χ4n) is 3.62. The minimum Gasteiger partial charge on any atom is -0.356 e. The molecule has 2 aromatic rings. The van der Waals surface area contributed by atoms with Crippen molar-refractivity contribution in [2.45, 2.75) is 6.92 Å². The van der Waals surface area contributed by atoms with Gasteiger partial charge in [-0.05, 0) is 19.1 Å². The Morgan fingerprint density at radius 1 is 1.13 bits per heavy atom. The van der Waals surface area contributed by atoms with Crippen molar-refractivity contribution in [2.24, 2.45) is 11.8 Å². The zero-order valence-corrected chi connectivity index (χ0v) is 13.1. The van der Waals surface area contributed by atoms with E-state index in [1.807, 2.05) is 17.9 Å². The van der Waals surface area contributed by atoms with E-state index in [0.29, 0.717) is 17.5 Å². The highest BCUT2D eigenvalue weighted by Crippen LogP contribution is 2.33. The van der Waals surface area contributed by atoms with Gasteiger partial charge >= 0.3 is 0 Å². The molecule has 0 bridgehead atoms. The lowest BCUT2D eigenvalue weighted by Crippen LogP contribution is -2.34. The van der Waals surface area contributed by atoms with Gasteiger partial charge < -0.3 is 9.80 Å². The first-order valence-corrected chi connectivity index (χ1v) is 7.94. The molecule has 6 heteroatoms. The Hall–Kier alpha value is -2.50. The Labute approximate surface area is 135 Å². The first-order chi connectivity index (χ1) is 11.2. The van der Waals surface area contributed by atoms with Gasteiger partial charge in [-0.1, -0.05) is 6.07 Å². The average molecular weight is 309 g/mol. The first-order valence-electron chi connectivity index (χ1n) is 7.94. The molecule has 4 rings (SSSR count). The molecule has 2 atom stereocenters. The van der Waals surface area contributed by atoms with Crippen LogP contribution in [0.1, 0.15) is 16.2 Å². The number of nitrogens with zero attached hydrogens (tertiary/aromatic N) is 5. The van der Waals surface area contributed by atoms with Crippen molar-refractivity contribution in [3.8, 4) is 0 Å². The van der Waals surface area contributed by atoms with Crippen LogP contribution in [-0.4, -0.2) is 51.9 Å². The van der Waals surface area contributed by atoms with Crippen molar-refractivity contribution >= 4 is 11.7 Å². The third kappa shape index (κ3) is 2.65. The molecular weight excluding hydrogens is 290 g/mol. The lowest BCUT2D eigenvalue weighted by molar-refractivity contribution is 0.0776. The number of pyridine rings is 1. The molecule has 6 nitrogen and oxygen atoms in total. The second-order valence-electron chi connectivity index (χ2n) is 6.36. The zero-order valence-electron chi connectivity index (χ0n) is 13.1.